The molecule has 0 aliphatic carbocycles. The van der Waals surface area contributed by atoms with E-state index in [0.29, 0.717) is 25.1 Å². The van der Waals surface area contributed by atoms with E-state index in [4.69, 9.17) is 34.2 Å². The van der Waals surface area contributed by atoms with Crippen LogP contribution in [0.4, 0.5) is 30.6 Å². The first kappa shape index (κ1) is 50.3. The predicted molar refractivity (Wildman–Crippen MR) is 225 cm³/mol. The average molecular weight is 883 g/mol. The number of benzene rings is 3. The van der Waals surface area contributed by atoms with Gasteiger partial charge in [-0.2, -0.15) is 0 Å². The maximum absolute atomic E-state index is 13.6. The molecule has 63 heavy (non-hydrogen) atoms. The molecule has 0 aliphatic heterocycles. The Morgan fingerprint density at radius 1 is 0.683 bits per heavy atom. The molecule has 3 rings (SSSR count). The molecule has 21 heteroatoms. The van der Waals surface area contributed by atoms with Crippen LogP contribution in [0.5, 0.6) is 17.2 Å². The van der Waals surface area contributed by atoms with Gasteiger partial charge in [0.05, 0.1) is 9.85 Å². The van der Waals surface area contributed by atoms with Gasteiger partial charge in [-0.3, -0.25) is 25.0 Å². The van der Waals surface area contributed by atoms with E-state index in [1.807, 2.05) is 0 Å². The molecule has 0 saturated carbocycles. The van der Waals surface area contributed by atoms with Crippen LogP contribution < -0.4 is 25.3 Å². The van der Waals surface area contributed by atoms with Gasteiger partial charge in [-0.25, -0.2) is 19.2 Å². The largest absolute Gasteiger partial charge is 0.514 e. The van der Waals surface area contributed by atoms with Gasteiger partial charge in [0, 0.05) is 75.5 Å². The molecule has 342 valence electrons. The van der Waals surface area contributed by atoms with Gasteiger partial charge in [0.2, 0.25) is 5.91 Å². The number of carbonyl (C=O) groups is 5. The van der Waals surface area contributed by atoms with Crippen molar-refractivity contribution in [2.75, 3.05) is 40.3 Å². The maximum atomic E-state index is 13.6. The minimum Gasteiger partial charge on any atom is -0.444 e. The number of hydrogen-bond donors (Lipinski definition) is 2. The van der Waals surface area contributed by atoms with Gasteiger partial charge in [-0.05, 0) is 95.0 Å². The van der Waals surface area contributed by atoms with Crippen molar-refractivity contribution < 1.29 is 62.2 Å². The van der Waals surface area contributed by atoms with Crippen LogP contribution in [0, 0.1) is 20.2 Å². The van der Waals surface area contributed by atoms with E-state index in [1.165, 1.54) is 53.2 Å². The third kappa shape index (κ3) is 18.6. The fourth-order valence-corrected chi connectivity index (χ4v) is 5.54. The predicted octanol–water partition coefficient (Wildman–Crippen LogP) is 7.19. The Balaban J connectivity index is 1.89. The molecule has 0 spiro atoms. The van der Waals surface area contributed by atoms with E-state index in [-0.39, 0.29) is 71.6 Å². The molecule has 0 fully saturated rings. The van der Waals surface area contributed by atoms with Gasteiger partial charge in [-0.1, -0.05) is 12.8 Å². The smallest absolute Gasteiger partial charge is 0.444 e. The first-order chi connectivity index (χ1) is 29.8. The van der Waals surface area contributed by atoms with Gasteiger partial charge in [0.25, 0.3) is 11.4 Å². The summed E-state index contributed by atoms with van der Waals surface area (Å²) in [6.45, 7) is 5.49. The summed E-state index contributed by atoms with van der Waals surface area (Å²) in [5, 5.41) is 25.0. The van der Waals surface area contributed by atoms with Crippen molar-refractivity contribution in [3.63, 3.8) is 0 Å². The molecular formula is C42H54N6O15. The summed E-state index contributed by atoms with van der Waals surface area (Å²) in [5.41, 5.74) is 5.07. The summed E-state index contributed by atoms with van der Waals surface area (Å²) < 4.78 is 32.4. The topological polar surface area (TPSA) is 272 Å². The number of nitro groups is 2. The quantitative estimate of drug-likeness (QED) is 0.0252. The fraction of sp³-hybridized carbons (Fsp3) is 0.452. The minimum atomic E-state index is -1.21. The summed E-state index contributed by atoms with van der Waals surface area (Å²) in [6, 6.07) is 12.4. The molecule has 0 saturated heterocycles. The van der Waals surface area contributed by atoms with Crippen molar-refractivity contribution >= 4 is 41.8 Å². The molecule has 3 aromatic rings. The second-order valence-electron chi connectivity index (χ2n) is 15.1. The number of ether oxygens (including phenoxy) is 6. The number of rotatable bonds is 22. The Bertz CT molecular complexity index is 1940. The van der Waals surface area contributed by atoms with Crippen LogP contribution in [-0.2, 0) is 38.6 Å². The molecule has 3 N–H and O–H groups in total. The van der Waals surface area contributed by atoms with Crippen LogP contribution in [0.2, 0.25) is 0 Å². The van der Waals surface area contributed by atoms with E-state index < -0.39 is 53.2 Å². The number of non-ortho nitro benzene ring substituents is 2. The average Bonchev–Trinajstić information content (AvgIpc) is 3.22. The van der Waals surface area contributed by atoms with E-state index in [9.17, 15) is 44.2 Å². The van der Waals surface area contributed by atoms with Gasteiger partial charge in [0.15, 0.2) is 0 Å². The molecule has 21 nitrogen and oxygen atoms in total. The minimum absolute atomic E-state index is 0.0351. The second-order valence-corrected chi connectivity index (χ2v) is 15.1. The maximum Gasteiger partial charge on any atom is 0.514 e. The highest BCUT2D eigenvalue weighted by molar-refractivity contribution is 5.76. The highest BCUT2D eigenvalue weighted by Gasteiger charge is 2.24. The summed E-state index contributed by atoms with van der Waals surface area (Å²) in [5.74, 6) is -0.529. The molecule has 3 aromatic carbocycles. The number of amides is 3. The fourth-order valence-electron chi connectivity index (χ4n) is 5.54. The van der Waals surface area contributed by atoms with Crippen molar-refractivity contribution in [2.24, 2.45) is 5.73 Å². The number of nitrogens with one attached hydrogen (secondary N) is 1. The first-order valence-corrected chi connectivity index (χ1v) is 20.0. The molecule has 0 radical (unpaired) electrons. The lowest BCUT2D eigenvalue weighted by Gasteiger charge is -2.25. The molecule has 3 amide bonds. The number of nitro benzene ring substituents is 2. The molecule has 0 atom stereocenters. The van der Waals surface area contributed by atoms with Gasteiger partial charge < -0.3 is 49.3 Å². The van der Waals surface area contributed by atoms with Crippen LogP contribution in [0.15, 0.2) is 60.7 Å². The van der Waals surface area contributed by atoms with E-state index in [0.717, 1.165) is 49.9 Å². The number of nitrogens with two attached hydrogens (primary N) is 1. The number of hydrogen-bond acceptors (Lipinski definition) is 16. The number of carbonyl (C=O) groups excluding carboxylic acids is 5. The molecule has 0 aliphatic rings. The van der Waals surface area contributed by atoms with E-state index in [1.54, 1.807) is 27.8 Å². The summed E-state index contributed by atoms with van der Waals surface area (Å²) in [7, 11) is 3.01. The Hall–Kier alpha value is -7.03. The standard InChI is InChI=1S/C42H54N6O15/c1-42(2,3)63-39(51)46(5)24-10-23-45(4)38(50)62-37-30(27-58-40(52)60-34-16-12-32(13-17-34)47(54)55)25-29(11-20-36(49)44-22-9-7-6-8-21-43)26-31(37)28-59-41(53)61-35-18-14-33(15-19-35)48(56)57/h12-19,25-26H,6-11,20-24,27-28,43H2,1-5H3,(H,44,49). The monoisotopic (exact) mass is 882 g/mol. The van der Waals surface area contributed by atoms with E-state index >= 15 is 0 Å². The van der Waals surface area contributed by atoms with Crippen LogP contribution in [-0.4, -0.2) is 95.9 Å². The zero-order chi connectivity index (χ0) is 46.5. The Kier molecular flexibility index (Phi) is 20.0. The van der Waals surface area contributed by atoms with Crippen molar-refractivity contribution in [2.45, 2.75) is 84.5 Å². The highest BCUT2D eigenvalue weighted by atomic mass is 16.7. The molecule has 0 unspecified atom stereocenters. The molecule has 0 aromatic heterocycles. The third-order valence-electron chi connectivity index (χ3n) is 8.78. The van der Waals surface area contributed by atoms with Crippen molar-refractivity contribution in [3.05, 3.63) is 97.6 Å². The third-order valence-corrected chi connectivity index (χ3v) is 8.78. The van der Waals surface area contributed by atoms with Crippen LogP contribution in [0.1, 0.15) is 76.0 Å². The normalized spacial score (nSPS) is 10.8. The second kappa shape index (κ2) is 25.0. The van der Waals surface area contributed by atoms with Crippen LogP contribution in [0.25, 0.3) is 0 Å². The first-order valence-electron chi connectivity index (χ1n) is 20.0. The zero-order valence-corrected chi connectivity index (χ0v) is 36.0. The molecular weight excluding hydrogens is 828 g/mol. The van der Waals surface area contributed by atoms with Crippen LogP contribution >= 0.6 is 0 Å². The SMILES string of the molecule is CN(CCCN(C)C(=O)OC(C)(C)C)C(=O)Oc1c(COC(=O)Oc2ccc([N+](=O)[O-])cc2)cc(CCC(=O)NCCCCCCN)cc1COC(=O)Oc1ccc([N+](=O)[O-])cc1. The van der Waals surface area contributed by atoms with Crippen molar-refractivity contribution in [1.29, 1.82) is 0 Å². The summed E-state index contributed by atoms with van der Waals surface area (Å²) in [4.78, 5) is 88.0. The lowest BCUT2D eigenvalue weighted by atomic mass is 10.0. The Morgan fingerprint density at radius 3 is 1.62 bits per heavy atom. The number of nitrogens with zero attached hydrogens (tertiary/aromatic N) is 4. The lowest BCUT2D eigenvalue weighted by molar-refractivity contribution is -0.385. The van der Waals surface area contributed by atoms with Crippen LogP contribution in [0.3, 0.4) is 0 Å². The van der Waals surface area contributed by atoms with Gasteiger partial charge >= 0.3 is 24.5 Å². The number of aryl methyl sites for hydroxylation is 1. The van der Waals surface area contributed by atoms with Gasteiger partial charge in [-0.15, -0.1) is 0 Å². The Labute approximate surface area is 364 Å². The van der Waals surface area contributed by atoms with Crippen molar-refractivity contribution in [3.8, 4) is 17.2 Å². The number of unbranched alkanes of at least 4 members (excludes halogenated alkanes) is 3. The highest BCUT2D eigenvalue weighted by Crippen LogP contribution is 2.30. The molecule has 0 bridgehead atoms. The van der Waals surface area contributed by atoms with Crippen molar-refractivity contribution in [1.82, 2.24) is 15.1 Å². The van der Waals surface area contributed by atoms with E-state index in [2.05, 4.69) is 5.32 Å². The zero-order valence-electron chi connectivity index (χ0n) is 36.0. The summed E-state index contributed by atoms with van der Waals surface area (Å²) in [6.07, 6.45) is 0.179. The van der Waals surface area contributed by atoms with Gasteiger partial charge in [0.1, 0.15) is 36.1 Å². The lowest BCUT2D eigenvalue weighted by Crippen LogP contribution is -2.37. The molecule has 0 heterocycles. The summed E-state index contributed by atoms with van der Waals surface area (Å²) >= 11 is 0. The Morgan fingerprint density at radius 2 is 1.16 bits per heavy atom.